The second kappa shape index (κ2) is 7.34. The van der Waals surface area contributed by atoms with Crippen LogP contribution in [0.1, 0.15) is 0 Å². The van der Waals surface area contributed by atoms with Crippen LogP contribution in [-0.4, -0.2) is 45.3 Å². The van der Waals surface area contributed by atoms with Crippen LogP contribution in [-0.2, 0) is 6.54 Å². The number of rotatable bonds is 6. The first-order chi connectivity index (χ1) is 13.1. The molecule has 1 aromatic carbocycles. The van der Waals surface area contributed by atoms with Crippen LogP contribution >= 0.6 is 11.3 Å². The topological polar surface area (TPSA) is 82.1 Å². The van der Waals surface area contributed by atoms with Crippen molar-refractivity contribution in [3.63, 3.8) is 0 Å². The van der Waals surface area contributed by atoms with E-state index in [2.05, 4.69) is 20.0 Å². The smallest absolute Gasteiger partial charge is 0.181 e. The molecule has 3 aromatic heterocycles. The van der Waals surface area contributed by atoms with Crippen molar-refractivity contribution in [3.8, 4) is 22.8 Å². The number of benzene rings is 1. The van der Waals surface area contributed by atoms with Crippen LogP contribution < -0.4 is 10.5 Å². The van der Waals surface area contributed by atoms with Crippen molar-refractivity contribution in [1.29, 1.82) is 0 Å². The molecule has 27 heavy (non-hydrogen) atoms. The quantitative estimate of drug-likeness (QED) is 0.551. The number of aromatic nitrogens is 4. The Labute approximate surface area is 161 Å². The van der Waals surface area contributed by atoms with E-state index in [9.17, 15) is 0 Å². The summed E-state index contributed by atoms with van der Waals surface area (Å²) in [5, 5.41) is 4.96. The highest BCUT2D eigenvalue weighted by molar-refractivity contribution is 7.22. The SMILES string of the molecule is CN(C)CCn1cc(-c2cc(Oc3ccc4nc(N)sc4c3)ccn2)cn1. The molecule has 3 heterocycles. The van der Waals surface area contributed by atoms with Gasteiger partial charge in [-0.25, -0.2) is 4.98 Å². The van der Waals surface area contributed by atoms with Gasteiger partial charge in [0.25, 0.3) is 0 Å². The van der Waals surface area contributed by atoms with Crippen molar-refractivity contribution in [2.24, 2.45) is 0 Å². The summed E-state index contributed by atoms with van der Waals surface area (Å²) in [6, 6.07) is 9.50. The molecule has 4 rings (SSSR count). The summed E-state index contributed by atoms with van der Waals surface area (Å²) in [4.78, 5) is 10.8. The molecule has 2 N–H and O–H groups in total. The second-order valence-corrected chi connectivity index (χ2v) is 7.52. The number of likely N-dealkylation sites (N-methyl/N-ethyl adjacent to an activating group) is 1. The zero-order valence-corrected chi connectivity index (χ0v) is 16.0. The van der Waals surface area contributed by atoms with Crippen LogP contribution in [0.3, 0.4) is 0 Å². The van der Waals surface area contributed by atoms with Gasteiger partial charge in [-0.05, 0) is 32.3 Å². The molecule has 0 saturated heterocycles. The van der Waals surface area contributed by atoms with E-state index in [-0.39, 0.29) is 0 Å². The van der Waals surface area contributed by atoms with Crippen LogP contribution in [0.25, 0.3) is 21.5 Å². The molecule has 0 spiro atoms. The number of pyridine rings is 1. The number of hydrogen-bond donors (Lipinski definition) is 1. The molecule has 138 valence electrons. The van der Waals surface area contributed by atoms with E-state index < -0.39 is 0 Å². The normalized spacial score (nSPS) is 11.4. The van der Waals surface area contributed by atoms with Gasteiger partial charge in [0.1, 0.15) is 11.5 Å². The fraction of sp³-hybridized carbons (Fsp3) is 0.211. The Morgan fingerprint density at radius 2 is 2.04 bits per heavy atom. The number of nitrogen functional groups attached to an aromatic ring is 1. The third-order valence-electron chi connectivity index (χ3n) is 4.05. The predicted molar refractivity (Wildman–Crippen MR) is 108 cm³/mol. The van der Waals surface area contributed by atoms with Crippen LogP contribution in [0.4, 0.5) is 5.13 Å². The van der Waals surface area contributed by atoms with E-state index in [1.807, 2.05) is 61.5 Å². The minimum Gasteiger partial charge on any atom is -0.457 e. The van der Waals surface area contributed by atoms with Crippen molar-refractivity contribution in [1.82, 2.24) is 24.6 Å². The van der Waals surface area contributed by atoms with Crippen molar-refractivity contribution >= 4 is 26.7 Å². The summed E-state index contributed by atoms with van der Waals surface area (Å²) in [5.41, 5.74) is 8.43. The molecule has 0 aliphatic carbocycles. The van der Waals surface area contributed by atoms with Crippen molar-refractivity contribution in [3.05, 3.63) is 48.9 Å². The van der Waals surface area contributed by atoms with Gasteiger partial charge in [-0.3, -0.25) is 9.67 Å². The lowest BCUT2D eigenvalue weighted by Gasteiger charge is -2.08. The standard InChI is InChI=1S/C19H20N6OS/c1-24(2)7-8-25-12-13(11-22-25)17-9-15(5-6-21-17)26-14-3-4-16-18(10-14)27-19(20)23-16/h3-6,9-12H,7-8H2,1-2H3,(H2,20,23). The lowest BCUT2D eigenvalue weighted by Crippen LogP contribution is -2.18. The molecule has 0 fully saturated rings. The number of thiazole rings is 1. The van der Waals surface area contributed by atoms with Gasteiger partial charge in [-0.2, -0.15) is 5.10 Å². The van der Waals surface area contributed by atoms with Crippen molar-refractivity contribution < 1.29 is 4.74 Å². The van der Waals surface area contributed by atoms with Gasteiger partial charge in [0.15, 0.2) is 5.13 Å². The Hall–Kier alpha value is -2.97. The number of ether oxygens (including phenoxy) is 1. The molecule has 0 amide bonds. The number of nitrogens with zero attached hydrogens (tertiary/aromatic N) is 5. The molecule has 7 nitrogen and oxygen atoms in total. The third-order valence-corrected chi connectivity index (χ3v) is 4.90. The number of fused-ring (bicyclic) bond motifs is 1. The molecule has 0 saturated carbocycles. The first-order valence-electron chi connectivity index (χ1n) is 8.54. The highest BCUT2D eigenvalue weighted by Crippen LogP contribution is 2.31. The Kier molecular flexibility index (Phi) is 4.74. The van der Waals surface area contributed by atoms with E-state index >= 15 is 0 Å². The van der Waals surface area contributed by atoms with Crippen molar-refractivity contribution in [2.75, 3.05) is 26.4 Å². The van der Waals surface area contributed by atoms with Gasteiger partial charge in [0.2, 0.25) is 0 Å². The van der Waals surface area contributed by atoms with Gasteiger partial charge in [-0.15, -0.1) is 0 Å². The van der Waals surface area contributed by atoms with E-state index in [1.54, 1.807) is 6.20 Å². The van der Waals surface area contributed by atoms with Crippen LogP contribution in [0.2, 0.25) is 0 Å². The lowest BCUT2D eigenvalue weighted by molar-refractivity contribution is 0.373. The number of anilines is 1. The molecule has 0 aliphatic heterocycles. The molecule has 8 heteroatoms. The van der Waals surface area contributed by atoms with E-state index in [0.29, 0.717) is 5.13 Å². The molecule has 0 bridgehead atoms. The minimum atomic E-state index is 0.555. The molecule has 0 radical (unpaired) electrons. The third kappa shape index (κ3) is 4.07. The van der Waals surface area contributed by atoms with Gasteiger partial charge >= 0.3 is 0 Å². The van der Waals surface area contributed by atoms with E-state index in [1.165, 1.54) is 11.3 Å². The first kappa shape index (κ1) is 17.4. The maximum Gasteiger partial charge on any atom is 0.181 e. The Balaban J connectivity index is 1.53. The van der Waals surface area contributed by atoms with Gasteiger partial charge in [0.05, 0.1) is 28.7 Å². The molecule has 0 atom stereocenters. The predicted octanol–water partition coefficient (Wildman–Crippen LogP) is 3.49. The van der Waals surface area contributed by atoms with Crippen LogP contribution in [0.15, 0.2) is 48.9 Å². The highest BCUT2D eigenvalue weighted by Gasteiger charge is 2.08. The van der Waals surface area contributed by atoms with Gasteiger partial charge in [0, 0.05) is 36.6 Å². The summed E-state index contributed by atoms with van der Waals surface area (Å²) < 4.78 is 8.93. The summed E-state index contributed by atoms with van der Waals surface area (Å²) in [6.45, 7) is 1.77. The molecule has 0 aliphatic rings. The van der Waals surface area contributed by atoms with E-state index in [4.69, 9.17) is 10.5 Å². The average molecular weight is 380 g/mol. The summed E-state index contributed by atoms with van der Waals surface area (Å²) in [5.74, 6) is 1.46. The van der Waals surface area contributed by atoms with E-state index in [0.717, 1.165) is 46.1 Å². The largest absolute Gasteiger partial charge is 0.457 e. The fourth-order valence-corrected chi connectivity index (χ4v) is 3.44. The Morgan fingerprint density at radius 3 is 2.89 bits per heavy atom. The first-order valence-corrected chi connectivity index (χ1v) is 9.36. The highest BCUT2D eigenvalue weighted by atomic mass is 32.1. The summed E-state index contributed by atoms with van der Waals surface area (Å²) in [7, 11) is 4.09. The van der Waals surface area contributed by atoms with Crippen molar-refractivity contribution in [2.45, 2.75) is 6.54 Å². The maximum atomic E-state index is 6.01. The lowest BCUT2D eigenvalue weighted by atomic mass is 10.2. The Bertz CT molecular complexity index is 1070. The second-order valence-electron chi connectivity index (χ2n) is 6.46. The molecular formula is C19H20N6OS. The Morgan fingerprint density at radius 1 is 1.19 bits per heavy atom. The number of hydrogen-bond acceptors (Lipinski definition) is 7. The molecule has 4 aromatic rings. The molecule has 0 unspecified atom stereocenters. The fourth-order valence-electron chi connectivity index (χ4n) is 2.68. The average Bonchev–Trinajstić information content (AvgIpc) is 3.25. The molecular weight excluding hydrogens is 360 g/mol. The number of nitrogens with two attached hydrogens (primary N) is 1. The van der Waals surface area contributed by atoms with Gasteiger partial charge in [-0.1, -0.05) is 11.3 Å². The zero-order valence-electron chi connectivity index (χ0n) is 15.2. The minimum absolute atomic E-state index is 0.555. The van der Waals surface area contributed by atoms with Gasteiger partial charge < -0.3 is 15.4 Å². The summed E-state index contributed by atoms with van der Waals surface area (Å²) >= 11 is 1.45. The monoisotopic (exact) mass is 380 g/mol. The van der Waals surface area contributed by atoms with Crippen LogP contribution in [0, 0.1) is 0 Å². The van der Waals surface area contributed by atoms with Crippen LogP contribution in [0.5, 0.6) is 11.5 Å². The maximum absolute atomic E-state index is 6.01. The zero-order chi connectivity index (χ0) is 18.8. The summed E-state index contributed by atoms with van der Waals surface area (Å²) in [6.07, 6.45) is 5.57.